The fourth-order valence-corrected chi connectivity index (χ4v) is 2.92. The molecule has 0 aliphatic rings. The molecule has 7 heteroatoms. The van der Waals surface area contributed by atoms with Crippen LogP contribution in [0.4, 0.5) is 5.69 Å². The van der Waals surface area contributed by atoms with Crippen molar-refractivity contribution in [2.24, 2.45) is 0 Å². The van der Waals surface area contributed by atoms with E-state index in [1.807, 2.05) is 30.3 Å². The molecule has 30 heavy (non-hydrogen) atoms. The highest BCUT2D eigenvalue weighted by Crippen LogP contribution is 2.13. The zero-order valence-corrected chi connectivity index (χ0v) is 16.0. The number of nitrogens with one attached hydrogen (secondary N) is 3. The summed E-state index contributed by atoms with van der Waals surface area (Å²) in [5.41, 5.74) is 3.44. The lowest BCUT2D eigenvalue weighted by Crippen LogP contribution is -2.45. The van der Waals surface area contributed by atoms with Gasteiger partial charge in [-0.15, -0.1) is 0 Å². The molecule has 0 aliphatic heterocycles. The van der Waals surface area contributed by atoms with Crippen LogP contribution in [0.5, 0.6) is 0 Å². The Kier molecular flexibility index (Phi) is 6.91. The van der Waals surface area contributed by atoms with Gasteiger partial charge in [0.15, 0.2) is 0 Å². The molecule has 3 aromatic carbocycles. The van der Waals surface area contributed by atoms with Gasteiger partial charge in [0.2, 0.25) is 5.91 Å². The third-order valence-electron chi connectivity index (χ3n) is 4.43. The van der Waals surface area contributed by atoms with Gasteiger partial charge < -0.3 is 10.6 Å². The Labute approximate surface area is 173 Å². The van der Waals surface area contributed by atoms with Gasteiger partial charge in [0.25, 0.3) is 11.8 Å². The third-order valence-corrected chi connectivity index (χ3v) is 4.43. The summed E-state index contributed by atoms with van der Waals surface area (Å²) in [6, 6.07) is 23.3. The van der Waals surface area contributed by atoms with Crippen LogP contribution in [-0.2, 0) is 11.2 Å². The maximum Gasteiger partial charge on any atom is 0.274 e. The molecular formula is C23H21N3O4. The van der Waals surface area contributed by atoms with Crippen molar-refractivity contribution in [3.05, 3.63) is 102 Å². The minimum atomic E-state index is -0.838. The van der Waals surface area contributed by atoms with Crippen LogP contribution in [0.3, 0.4) is 0 Å². The average molecular weight is 403 g/mol. The number of benzene rings is 3. The lowest BCUT2D eigenvalue weighted by Gasteiger charge is -2.19. The first-order chi connectivity index (χ1) is 14.6. The normalized spacial score (nSPS) is 11.2. The third kappa shape index (κ3) is 5.52. The topological polar surface area (TPSA) is 108 Å². The van der Waals surface area contributed by atoms with E-state index in [4.69, 9.17) is 5.21 Å². The Morgan fingerprint density at radius 2 is 1.40 bits per heavy atom. The lowest BCUT2D eigenvalue weighted by molar-refractivity contribution is -0.118. The number of hydrogen-bond acceptors (Lipinski definition) is 4. The van der Waals surface area contributed by atoms with Crippen LogP contribution in [0.2, 0.25) is 0 Å². The molecule has 7 nitrogen and oxygen atoms in total. The molecule has 0 saturated carbocycles. The van der Waals surface area contributed by atoms with Gasteiger partial charge in [-0.1, -0.05) is 54.6 Å². The van der Waals surface area contributed by atoms with Crippen LogP contribution in [0.25, 0.3) is 0 Å². The van der Waals surface area contributed by atoms with Crippen LogP contribution in [0.1, 0.15) is 26.3 Å². The highest BCUT2D eigenvalue weighted by Gasteiger charge is 2.22. The first-order valence-corrected chi connectivity index (χ1v) is 9.32. The van der Waals surface area contributed by atoms with E-state index in [0.717, 1.165) is 5.56 Å². The molecular weight excluding hydrogens is 382 g/mol. The fourth-order valence-electron chi connectivity index (χ4n) is 2.92. The van der Waals surface area contributed by atoms with Gasteiger partial charge in [0.05, 0.1) is 0 Å². The first-order valence-electron chi connectivity index (χ1n) is 9.32. The Bertz CT molecular complexity index is 1020. The molecule has 4 N–H and O–H groups in total. The van der Waals surface area contributed by atoms with E-state index in [1.165, 1.54) is 12.1 Å². The molecule has 3 aromatic rings. The number of anilines is 1. The Hall–Kier alpha value is -3.97. The maximum atomic E-state index is 13.0. The summed E-state index contributed by atoms with van der Waals surface area (Å²) < 4.78 is 0. The molecule has 1 atom stereocenters. The molecule has 3 rings (SSSR count). The van der Waals surface area contributed by atoms with Crippen molar-refractivity contribution < 1.29 is 19.6 Å². The molecule has 0 radical (unpaired) electrons. The predicted octanol–water partition coefficient (Wildman–Crippen LogP) is 2.79. The van der Waals surface area contributed by atoms with Crippen molar-refractivity contribution in [3.63, 3.8) is 0 Å². The number of carbonyl (C=O) groups excluding carboxylic acids is 3. The molecule has 3 amide bonds. The van der Waals surface area contributed by atoms with E-state index in [-0.39, 0.29) is 11.5 Å². The summed E-state index contributed by atoms with van der Waals surface area (Å²) in [5.74, 6) is -1.48. The van der Waals surface area contributed by atoms with Crippen molar-refractivity contribution in [3.8, 4) is 0 Å². The van der Waals surface area contributed by atoms with Gasteiger partial charge in [-0.25, -0.2) is 5.48 Å². The van der Waals surface area contributed by atoms with Gasteiger partial charge in [-0.3, -0.25) is 19.6 Å². The standard InChI is InChI=1S/C23H21N3O4/c27-21(17-10-5-2-6-11-17)25-20(14-16-8-3-1-4-9-16)23(29)24-19-13-7-12-18(15-19)22(28)26-30/h1-13,15,20,30H,14H2,(H,24,29)(H,25,27)(H,26,28). The summed E-state index contributed by atoms with van der Waals surface area (Å²) in [4.78, 5) is 37.2. The number of carbonyl (C=O) groups is 3. The van der Waals surface area contributed by atoms with Crippen molar-refractivity contribution >= 4 is 23.4 Å². The van der Waals surface area contributed by atoms with Gasteiger partial charge >= 0.3 is 0 Å². The largest absolute Gasteiger partial charge is 0.340 e. The Morgan fingerprint density at radius 1 is 0.767 bits per heavy atom. The number of rotatable bonds is 7. The van der Waals surface area contributed by atoms with E-state index < -0.39 is 17.9 Å². The van der Waals surface area contributed by atoms with Crippen LogP contribution in [0.15, 0.2) is 84.9 Å². The zero-order valence-electron chi connectivity index (χ0n) is 16.0. The molecule has 0 saturated heterocycles. The molecule has 1 unspecified atom stereocenters. The molecule has 0 fully saturated rings. The number of hydrogen-bond donors (Lipinski definition) is 4. The van der Waals surface area contributed by atoms with E-state index in [0.29, 0.717) is 17.7 Å². The highest BCUT2D eigenvalue weighted by atomic mass is 16.5. The van der Waals surface area contributed by atoms with E-state index in [1.54, 1.807) is 47.9 Å². The summed E-state index contributed by atoms with van der Waals surface area (Å²) in [6.45, 7) is 0. The Morgan fingerprint density at radius 3 is 2.07 bits per heavy atom. The predicted molar refractivity (Wildman–Crippen MR) is 112 cm³/mol. The second-order valence-corrected chi connectivity index (χ2v) is 6.59. The molecule has 0 heterocycles. The molecule has 152 valence electrons. The SMILES string of the molecule is O=C(NO)c1cccc(NC(=O)C(Cc2ccccc2)NC(=O)c2ccccc2)c1. The quantitative estimate of drug-likeness (QED) is 0.359. The summed E-state index contributed by atoms with van der Waals surface area (Å²) in [6.07, 6.45) is 0.294. The van der Waals surface area contributed by atoms with Crippen molar-refractivity contribution in [2.45, 2.75) is 12.5 Å². The van der Waals surface area contributed by atoms with E-state index >= 15 is 0 Å². The smallest absolute Gasteiger partial charge is 0.274 e. The minimum Gasteiger partial charge on any atom is -0.340 e. The van der Waals surface area contributed by atoms with Gasteiger partial charge in [-0.05, 0) is 35.9 Å². The molecule has 0 aromatic heterocycles. The zero-order chi connectivity index (χ0) is 21.3. The first kappa shape index (κ1) is 20.8. The molecule has 0 bridgehead atoms. The van der Waals surface area contributed by atoms with Crippen LogP contribution in [-0.4, -0.2) is 29.0 Å². The van der Waals surface area contributed by atoms with Crippen molar-refractivity contribution in [2.75, 3.05) is 5.32 Å². The second kappa shape index (κ2) is 9.99. The number of amides is 3. The number of hydroxylamine groups is 1. The van der Waals surface area contributed by atoms with Gasteiger partial charge in [-0.2, -0.15) is 0 Å². The highest BCUT2D eigenvalue weighted by molar-refractivity contribution is 6.02. The summed E-state index contributed by atoms with van der Waals surface area (Å²) in [7, 11) is 0. The maximum absolute atomic E-state index is 13.0. The molecule has 0 aliphatic carbocycles. The van der Waals surface area contributed by atoms with E-state index in [9.17, 15) is 14.4 Å². The monoisotopic (exact) mass is 403 g/mol. The van der Waals surface area contributed by atoms with Crippen LogP contribution in [0, 0.1) is 0 Å². The van der Waals surface area contributed by atoms with Gasteiger partial charge in [0, 0.05) is 23.2 Å². The van der Waals surface area contributed by atoms with Gasteiger partial charge in [0.1, 0.15) is 6.04 Å². The summed E-state index contributed by atoms with van der Waals surface area (Å²) in [5, 5.41) is 14.3. The second-order valence-electron chi connectivity index (χ2n) is 6.59. The fraction of sp³-hybridized carbons (Fsp3) is 0.0870. The van der Waals surface area contributed by atoms with Crippen molar-refractivity contribution in [1.29, 1.82) is 0 Å². The van der Waals surface area contributed by atoms with Crippen LogP contribution < -0.4 is 16.1 Å². The van der Waals surface area contributed by atoms with Crippen molar-refractivity contribution in [1.82, 2.24) is 10.8 Å². The lowest BCUT2D eigenvalue weighted by atomic mass is 10.0. The Balaban J connectivity index is 1.79. The average Bonchev–Trinajstić information content (AvgIpc) is 2.79. The summed E-state index contributed by atoms with van der Waals surface area (Å²) >= 11 is 0. The van der Waals surface area contributed by atoms with Crippen LogP contribution >= 0.6 is 0 Å². The van der Waals surface area contributed by atoms with E-state index in [2.05, 4.69) is 10.6 Å². The molecule has 0 spiro atoms. The minimum absolute atomic E-state index is 0.184.